The van der Waals surface area contributed by atoms with Crippen molar-refractivity contribution in [2.45, 2.75) is 38.7 Å². The molecule has 3 rings (SSSR count). The monoisotopic (exact) mass is 295 g/mol. The third-order valence-corrected chi connectivity index (χ3v) is 4.01. The molecule has 1 saturated carbocycles. The van der Waals surface area contributed by atoms with Gasteiger partial charge in [0.2, 0.25) is 0 Å². The molecule has 2 heteroatoms. The molecule has 2 aromatic rings. The first-order valence-corrected chi connectivity index (χ1v) is 8.19. The van der Waals surface area contributed by atoms with Crippen LogP contribution in [0.15, 0.2) is 48.5 Å². The minimum atomic E-state index is 0.273. The van der Waals surface area contributed by atoms with Crippen LogP contribution in [-0.4, -0.2) is 12.7 Å². The van der Waals surface area contributed by atoms with Crippen molar-refractivity contribution in [1.29, 1.82) is 0 Å². The molecule has 1 fully saturated rings. The first-order chi connectivity index (χ1) is 10.9. The lowest BCUT2D eigenvalue weighted by atomic mass is 9.98. The Balaban J connectivity index is 1.73. The number of hydrogen-bond donors (Lipinski definition) is 0. The molecule has 1 aliphatic rings. The summed E-state index contributed by atoms with van der Waals surface area (Å²) in [6.45, 7) is 2.68. The van der Waals surface area contributed by atoms with Gasteiger partial charge in [0.1, 0.15) is 17.6 Å². The first-order valence-electron chi connectivity index (χ1n) is 8.19. The molecule has 0 spiro atoms. The third kappa shape index (κ3) is 3.62. The first kappa shape index (κ1) is 15.0. The molecule has 2 aromatic carbocycles. The van der Waals surface area contributed by atoms with E-state index in [2.05, 4.69) is 36.8 Å². The van der Waals surface area contributed by atoms with Gasteiger partial charge in [-0.1, -0.05) is 36.8 Å². The summed E-state index contributed by atoms with van der Waals surface area (Å²) in [5.41, 5.74) is 2.28. The molecular weight excluding hydrogens is 272 g/mol. The van der Waals surface area contributed by atoms with Crippen LogP contribution in [0.25, 0.3) is 11.1 Å². The highest BCUT2D eigenvalue weighted by Crippen LogP contribution is 2.31. The summed E-state index contributed by atoms with van der Waals surface area (Å²) >= 11 is 0. The van der Waals surface area contributed by atoms with Gasteiger partial charge in [-0.2, -0.15) is 0 Å². The molecule has 1 atom stereocenters. The van der Waals surface area contributed by atoms with E-state index in [4.69, 9.17) is 9.47 Å². The fourth-order valence-electron chi connectivity index (χ4n) is 2.89. The van der Waals surface area contributed by atoms with Crippen LogP contribution in [0.4, 0.5) is 0 Å². The van der Waals surface area contributed by atoms with Gasteiger partial charge >= 0.3 is 0 Å². The normalized spacial score (nSPS) is 15.5. The molecule has 0 amide bonds. The van der Waals surface area contributed by atoms with Crippen molar-refractivity contribution in [3.63, 3.8) is 0 Å². The van der Waals surface area contributed by atoms with Gasteiger partial charge in [0, 0.05) is 12.0 Å². The van der Waals surface area contributed by atoms with Crippen LogP contribution in [-0.2, 0) is 0 Å². The summed E-state index contributed by atoms with van der Waals surface area (Å²) < 4.78 is 11.7. The van der Waals surface area contributed by atoms with E-state index in [9.17, 15) is 0 Å². The lowest BCUT2D eigenvalue weighted by Crippen LogP contribution is -2.20. The zero-order valence-corrected chi connectivity index (χ0v) is 13.1. The molecule has 2 nitrogen and oxygen atoms in total. The van der Waals surface area contributed by atoms with Crippen LogP contribution in [0.3, 0.4) is 0 Å². The molecule has 0 heterocycles. The van der Waals surface area contributed by atoms with Gasteiger partial charge in [-0.25, -0.2) is 0 Å². The molecule has 0 aromatic heterocycles. The van der Waals surface area contributed by atoms with Gasteiger partial charge in [0.15, 0.2) is 0 Å². The summed E-state index contributed by atoms with van der Waals surface area (Å²) in [4.78, 5) is 0. The van der Waals surface area contributed by atoms with Crippen LogP contribution in [0.1, 0.15) is 32.6 Å². The van der Waals surface area contributed by atoms with Crippen molar-refractivity contribution < 1.29 is 9.47 Å². The Kier molecular flexibility index (Phi) is 4.99. The topological polar surface area (TPSA) is 18.5 Å². The third-order valence-electron chi connectivity index (χ3n) is 4.01. The maximum atomic E-state index is 6.04. The highest BCUT2D eigenvalue weighted by atomic mass is 16.5. The van der Waals surface area contributed by atoms with Crippen molar-refractivity contribution in [2.24, 2.45) is 0 Å². The molecule has 0 bridgehead atoms. The lowest BCUT2D eigenvalue weighted by molar-refractivity contribution is 0.199. The second-order valence-corrected chi connectivity index (χ2v) is 5.63. The minimum Gasteiger partial charge on any atom is -0.493 e. The van der Waals surface area contributed by atoms with Crippen LogP contribution in [0.5, 0.6) is 11.5 Å². The predicted octanol–water partition coefficient (Wildman–Crippen LogP) is 5.28. The lowest BCUT2D eigenvalue weighted by Gasteiger charge is -2.22. The van der Waals surface area contributed by atoms with E-state index < -0.39 is 0 Å². The second-order valence-electron chi connectivity index (χ2n) is 5.63. The van der Waals surface area contributed by atoms with Gasteiger partial charge in [-0.15, -0.1) is 0 Å². The SMILES string of the molecule is CCOc1ccccc1-c1ccc(OC2[CH]CCCC2)cc1. The number of benzene rings is 2. The number of hydrogen-bond acceptors (Lipinski definition) is 2. The zero-order valence-electron chi connectivity index (χ0n) is 13.1. The van der Waals surface area contributed by atoms with Crippen molar-refractivity contribution >= 4 is 0 Å². The summed E-state index contributed by atoms with van der Waals surface area (Å²) in [5, 5.41) is 0. The van der Waals surface area contributed by atoms with Crippen LogP contribution < -0.4 is 9.47 Å². The summed E-state index contributed by atoms with van der Waals surface area (Å²) in [7, 11) is 0. The average molecular weight is 295 g/mol. The fourth-order valence-corrected chi connectivity index (χ4v) is 2.89. The fraction of sp³-hybridized carbons (Fsp3) is 0.350. The quantitative estimate of drug-likeness (QED) is 0.747. The molecule has 0 N–H and O–H groups in total. The van der Waals surface area contributed by atoms with Crippen molar-refractivity contribution in [3.05, 3.63) is 55.0 Å². The van der Waals surface area contributed by atoms with E-state index >= 15 is 0 Å². The summed E-state index contributed by atoms with van der Waals surface area (Å²) in [6, 6.07) is 16.5. The van der Waals surface area contributed by atoms with Gasteiger partial charge < -0.3 is 9.47 Å². The molecule has 0 aliphatic heterocycles. The Morgan fingerprint density at radius 1 is 1.00 bits per heavy atom. The molecule has 1 aliphatic carbocycles. The minimum absolute atomic E-state index is 0.273. The molecule has 0 saturated heterocycles. The Morgan fingerprint density at radius 3 is 2.55 bits per heavy atom. The van der Waals surface area contributed by atoms with E-state index in [1.54, 1.807) is 0 Å². The van der Waals surface area contributed by atoms with E-state index in [1.807, 2.05) is 25.1 Å². The summed E-state index contributed by atoms with van der Waals surface area (Å²) in [6.07, 6.45) is 7.44. The number of ether oxygens (including phenoxy) is 2. The molecule has 1 radical (unpaired) electrons. The highest BCUT2D eigenvalue weighted by Gasteiger charge is 2.15. The number of rotatable bonds is 5. The van der Waals surface area contributed by atoms with E-state index in [0.29, 0.717) is 6.61 Å². The molecule has 1 unspecified atom stereocenters. The Hall–Kier alpha value is -1.96. The van der Waals surface area contributed by atoms with Crippen molar-refractivity contribution in [1.82, 2.24) is 0 Å². The van der Waals surface area contributed by atoms with Gasteiger partial charge in [0.25, 0.3) is 0 Å². The van der Waals surface area contributed by atoms with Gasteiger partial charge in [0.05, 0.1) is 6.61 Å². The van der Waals surface area contributed by atoms with Crippen LogP contribution in [0, 0.1) is 6.42 Å². The smallest absolute Gasteiger partial charge is 0.127 e. The van der Waals surface area contributed by atoms with Gasteiger partial charge in [-0.05, 0) is 49.9 Å². The van der Waals surface area contributed by atoms with Crippen LogP contribution in [0.2, 0.25) is 0 Å². The van der Waals surface area contributed by atoms with Crippen molar-refractivity contribution in [2.75, 3.05) is 6.61 Å². The predicted molar refractivity (Wildman–Crippen MR) is 90.2 cm³/mol. The Labute approximate surface area is 133 Å². The Bertz CT molecular complexity index is 583. The molecule has 115 valence electrons. The Morgan fingerprint density at radius 2 is 1.82 bits per heavy atom. The van der Waals surface area contributed by atoms with E-state index in [0.717, 1.165) is 29.0 Å². The second kappa shape index (κ2) is 7.35. The average Bonchev–Trinajstić information content (AvgIpc) is 2.58. The summed E-state index contributed by atoms with van der Waals surface area (Å²) in [5.74, 6) is 1.88. The highest BCUT2D eigenvalue weighted by molar-refractivity contribution is 5.70. The molecular formula is C20H23O2. The van der Waals surface area contributed by atoms with E-state index in [1.165, 1.54) is 19.3 Å². The standard InChI is InChI=1S/C20H23O2/c1-2-21-20-11-7-6-10-19(20)16-12-14-18(15-13-16)22-17-8-4-3-5-9-17/h6-8,10-15,17H,2-5,9H2,1H3. The van der Waals surface area contributed by atoms with Crippen LogP contribution >= 0.6 is 0 Å². The maximum absolute atomic E-state index is 6.04. The zero-order chi connectivity index (χ0) is 15.2. The van der Waals surface area contributed by atoms with E-state index in [-0.39, 0.29) is 6.10 Å². The van der Waals surface area contributed by atoms with Crippen molar-refractivity contribution in [3.8, 4) is 22.6 Å². The number of para-hydroxylation sites is 1. The largest absolute Gasteiger partial charge is 0.493 e. The van der Waals surface area contributed by atoms with Gasteiger partial charge in [-0.3, -0.25) is 0 Å². The molecule has 22 heavy (non-hydrogen) atoms. The maximum Gasteiger partial charge on any atom is 0.127 e.